The fourth-order valence-electron chi connectivity index (χ4n) is 5.76. The molecule has 1 atom stereocenters. The van der Waals surface area contributed by atoms with Crippen molar-refractivity contribution >= 4 is 26.4 Å². The van der Waals surface area contributed by atoms with Crippen LogP contribution in [-0.4, -0.2) is 107 Å². The molecule has 0 saturated carbocycles. The number of allylic oxidation sites excluding steroid dienone is 1. The molecule has 41 heavy (non-hydrogen) atoms. The van der Waals surface area contributed by atoms with E-state index in [0.717, 1.165) is 68.6 Å². The van der Waals surface area contributed by atoms with Gasteiger partial charge in [0.1, 0.15) is 0 Å². The standard InChI is InChI=1S/C29H50N8O3S/c1-22(8-7-17-40-28(23(2)39-6)35(5)31-3)21-37-27-20-24(9-10-26(27)32-29(37)30)33-41(38)18-11-25(12-19-41)36-15-13-34(4)14-16-36/h9-10,20,22,25,31H,7-8,11-19,21H2,1-6H3,(H2,30,32)/b28-23-/t22-,25?,41?/m1/s1. The van der Waals surface area contributed by atoms with Crippen molar-refractivity contribution in [3.8, 4) is 0 Å². The molecule has 11 nitrogen and oxygen atoms in total. The first-order valence-corrected chi connectivity index (χ1v) is 16.7. The van der Waals surface area contributed by atoms with Gasteiger partial charge < -0.3 is 23.9 Å². The third-order valence-corrected chi connectivity index (χ3v) is 10.8. The Hall–Kier alpha value is -2.54. The van der Waals surface area contributed by atoms with Gasteiger partial charge in [-0.05, 0) is 63.8 Å². The molecule has 2 fully saturated rings. The van der Waals surface area contributed by atoms with E-state index in [4.69, 9.17) is 19.2 Å². The Morgan fingerprint density at radius 3 is 2.63 bits per heavy atom. The van der Waals surface area contributed by atoms with Gasteiger partial charge in [-0.25, -0.2) is 9.63 Å². The average molecular weight is 591 g/mol. The number of nitrogens with one attached hydrogen (secondary N) is 3. The Bertz CT molecular complexity index is 1350. The van der Waals surface area contributed by atoms with Crippen LogP contribution in [0.2, 0.25) is 0 Å². The van der Waals surface area contributed by atoms with Gasteiger partial charge >= 0.3 is 0 Å². The van der Waals surface area contributed by atoms with Crippen molar-refractivity contribution in [2.24, 2.45) is 10.3 Å². The summed E-state index contributed by atoms with van der Waals surface area (Å²) in [6.07, 6.45) is 3.73. The second kappa shape index (κ2) is 14.1. The second-order valence-electron chi connectivity index (χ2n) is 11.6. The number of hydrazine groups is 1. The molecule has 4 rings (SSSR count). The molecule has 2 aliphatic heterocycles. The predicted octanol–water partition coefficient (Wildman–Crippen LogP) is 3.29. The van der Waals surface area contributed by atoms with Crippen LogP contribution in [0.5, 0.6) is 0 Å². The summed E-state index contributed by atoms with van der Waals surface area (Å²) in [6.45, 7) is 9.79. The Morgan fingerprint density at radius 1 is 1.27 bits per heavy atom. The number of hydrogen-bond acceptors (Lipinski definition) is 9. The number of methoxy groups -OCH3 is 1. The number of nitrogens with zero attached hydrogens (tertiary/aromatic N) is 5. The molecular weight excluding hydrogens is 540 g/mol. The molecule has 0 bridgehead atoms. The minimum atomic E-state index is -2.27. The molecule has 1 aromatic carbocycles. The third kappa shape index (κ3) is 8.06. The molecule has 0 spiro atoms. The monoisotopic (exact) mass is 590 g/mol. The zero-order chi connectivity index (χ0) is 29.6. The van der Waals surface area contributed by atoms with E-state index in [9.17, 15) is 4.21 Å². The minimum absolute atomic E-state index is 0.339. The molecule has 2 aliphatic rings. The van der Waals surface area contributed by atoms with Crippen molar-refractivity contribution in [3.05, 3.63) is 35.5 Å². The number of rotatable bonds is 12. The summed E-state index contributed by atoms with van der Waals surface area (Å²) in [7, 11) is 5.27. The number of likely N-dealkylation sites (N-methyl/N-ethyl adjacent to an activating group) is 1. The smallest absolute Gasteiger partial charge is 0.242 e. The largest absolute Gasteiger partial charge is 0.496 e. The minimum Gasteiger partial charge on any atom is -0.496 e. The molecule has 12 heteroatoms. The molecule has 2 saturated heterocycles. The molecule has 1 aromatic heterocycles. The van der Waals surface area contributed by atoms with E-state index in [1.807, 2.05) is 43.8 Å². The molecule has 3 heterocycles. The molecule has 3 N–H and O–H groups in total. The van der Waals surface area contributed by atoms with E-state index in [1.165, 1.54) is 0 Å². The highest BCUT2D eigenvalue weighted by Crippen LogP contribution is 2.26. The van der Waals surface area contributed by atoms with Crippen molar-refractivity contribution in [3.63, 3.8) is 0 Å². The lowest BCUT2D eigenvalue weighted by Gasteiger charge is -2.40. The van der Waals surface area contributed by atoms with Gasteiger partial charge in [0.25, 0.3) is 0 Å². The highest BCUT2D eigenvalue weighted by atomic mass is 32.2. The van der Waals surface area contributed by atoms with Gasteiger partial charge in [-0.15, -0.1) is 0 Å². The van der Waals surface area contributed by atoms with Crippen molar-refractivity contribution < 1.29 is 13.7 Å². The molecule has 0 unspecified atom stereocenters. The summed E-state index contributed by atoms with van der Waals surface area (Å²) < 4.78 is 31.9. The van der Waals surface area contributed by atoms with E-state index < -0.39 is 9.73 Å². The number of aromatic nitrogens is 2. The van der Waals surface area contributed by atoms with Crippen molar-refractivity contribution in [1.29, 1.82) is 5.41 Å². The summed E-state index contributed by atoms with van der Waals surface area (Å²) in [5, 5.41) is 10.3. The third-order valence-electron chi connectivity index (χ3n) is 8.48. The van der Waals surface area contributed by atoms with Crippen molar-refractivity contribution in [1.82, 2.24) is 29.8 Å². The van der Waals surface area contributed by atoms with Gasteiger partial charge in [-0.3, -0.25) is 15.3 Å². The molecule has 0 amide bonds. The van der Waals surface area contributed by atoms with Gasteiger partial charge in [0.05, 0.1) is 40.2 Å². The van der Waals surface area contributed by atoms with Gasteiger partial charge in [-0.1, -0.05) is 6.92 Å². The van der Waals surface area contributed by atoms with Crippen LogP contribution in [0.3, 0.4) is 0 Å². The number of H-pyrrole nitrogens is 1. The lowest BCUT2D eigenvalue weighted by molar-refractivity contribution is 0.0776. The zero-order valence-corrected chi connectivity index (χ0v) is 26.6. The number of benzene rings is 1. The number of piperazine rings is 1. The van der Waals surface area contributed by atoms with Crippen LogP contribution >= 0.6 is 0 Å². The summed E-state index contributed by atoms with van der Waals surface area (Å²) in [4.78, 5) is 8.14. The Labute approximate surface area is 245 Å². The molecule has 230 valence electrons. The van der Waals surface area contributed by atoms with E-state index in [0.29, 0.717) is 53.9 Å². The summed E-state index contributed by atoms with van der Waals surface area (Å²) in [5.74, 6) is 3.04. The van der Waals surface area contributed by atoms with Crippen LogP contribution in [0.4, 0.5) is 5.69 Å². The van der Waals surface area contributed by atoms with Crippen LogP contribution in [0.1, 0.15) is 39.5 Å². The maximum atomic E-state index is 13.7. The lowest BCUT2D eigenvalue weighted by Crippen LogP contribution is -2.51. The summed E-state index contributed by atoms with van der Waals surface area (Å²) in [6, 6.07) is 6.41. The maximum Gasteiger partial charge on any atom is 0.242 e. The number of fused-ring (bicyclic) bond motifs is 1. The number of ether oxygens (including phenoxy) is 2. The number of hydrogen-bond donors (Lipinski definition) is 3. The quantitative estimate of drug-likeness (QED) is 0.198. The molecule has 0 radical (unpaired) electrons. The van der Waals surface area contributed by atoms with Crippen LogP contribution in [0.25, 0.3) is 11.0 Å². The highest BCUT2D eigenvalue weighted by Gasteiger charge is 2.28. The average Bonchev–Trinajstić information content (AvgIpc) is 3.27. The summed E-state index contributed by atoms with van der Waals surface area (Å²) >= 11 is 0. The topological polar surface area (TPSA) is 114 Å². The number of aromatic amines is 1. The summed E-state index contributed by atoms with van der Waals surface area (Å²) in [5.41, 5.74) is 6.00. The van der Waals surface area contributed by atoms with E-state index >= 15 is 0 Å². The molecule has 0 aliphatic carbocycles. The predicted molar refractivity (Wildman–Crippen MR) is 165 cm³/mol. The molecular formula is C29H50N8O3S. The van der Waals surface area contributed by atoms with Gasteiger partial charge in [0, 0.05) is 64.4 Å². The second-order valence-corrected chi connectivity index (χ2v) is 14.1. The van der Waals surface area contributed by atoms with Crippen LogP contribution in [0.15, 0.2) is 34.2 Å². The van der Waals surface area contributed by atoms with Crippen molar-refractivity contribution in [2.75, 3.05) is 72.5 Å². The Balaban J connectivity index is 1.37. The van der Waals surface area contributed by atoms with Crippen LogP contribution in [-0.2, 0) is 25.7 Å². The maximum absolute atomic E-state index is 13.7. The first kappa shape index (κ1) is 31.4. The first-order chi connectivity index (χ1) is 19.6. The number of imidazole rings is 1. The highest BCUT2D eigenvalue weighted by molar-refractivity contribution is 7.93. The Kier molecular flexibility index (Phi) is 10.8. The van der Waals surface area contributed by atoms with Crippen LogP contribution in [0, 0.1) is 11.3 Å². The van der Waals surface area contributed by atoms with E-state index in [1.54, 1.807) is 12.1 Å². The fourth-order valence-corrected chi connectivity index (χ4v) is 7.93. The van der Waals surface area contributed by atoms with Crippen LogP contribution < -0.4 is 11.0 Å². The fraction of sp³-hybridized carbons (Fsp3) is 0.690. The molecule has 2 aromatic rings. The normalized spacial score (nSPS) is 23.7. The lowest BCUT2D eigenvalue weighted by atomic mass is 10.1. The Morgan fingerprint density at radius 2 is 1.98 bits per heavy atom. The first-order valence-electron chi connectivity index (χ1n) is 14.8. The van der Waals surface area contributed by atoms with E-state index in [2.05, 4.69) is 34.2 Å². The van der Waals surface area contributed by atoms with Crippen molar-refractivity contribution in [2.45, 2.75) is 52.1 Å². The van der Waals surface area contributed by atoms with Gasteiger partial charge in [0.2, 0.25) is 5.88 Å². The van der Waals surface area contributed by atoms with E-state index in [-0.39, 0.29) is 0 Å². The SMILES string of the molecule is CNN(C)/C(OCCC[C@@H](C)Cn1c(=N)[nH]c2ccc(N=S3(=O)CCC(N4CCN(C)CC4)CC3)cc21)=C(\C)OC. The van der Waals surface area contributed by atoms with Gasteiger partial charge in [0.15, 0.2) is 11.4 Å². The van der Waals surface area contributed by atoms with Gasteiger partial charge in [-0.2, -0.15) is 4.36 Å². The zero-order valence-electron chi connectivity index (χ0n) is 25.7.